The number of nitrogens with zero attached hydrogens (tertiary/aromatic N) is 3. The number of methoxy groups -OCH3 is 2. The lowest BCUT2D eigenvalue weighted by Crippen LogP contribution is -2.25. The van der Waals surface area contributed by atoms with Crippen LogP contribution in [-0.4, -0.2) is 47.2 Å². The monoisotopic (exact) mass is 532 g/mol. The molecule has 8 nitrogen and oxygen atoms in total. The highest BCUT2D eigenvalue weighted by atomic mass is 32.2. The van der Waals surface area contributed by atoms with E-state index in [4.69, 9.17) is 14.6 Å². The first kappa shape index (κ1) is 25.5. The van der Waals surface area contributed by atoms with Crippen molar-refractivity contribution in [3.8, 4) is 11.5 Å². The smallest absolute Gasteiger partial charge is 0.262 e. The lowest BCUT2D eigenvalue weighted by atomic mass is 9.98. The Morgan fingerprint density at radius 3 is 2.26 bits per heavy atom. The van der Waals surface area contributed by atoms with Crippen LogP contribution in [0.25, 0.3) is 0 Å². The number of benzene rings is 3. The molecule has 2 amide bonds. The van der Waals surface area contributed by atoms with Gasteiger partial charge in [0.25, 0.3) is 5.91 Å². The summed E-state index contributed by atoms with van der Waals surface area (Å²) in [7, 11) is 3.23. The minimum absolute atomic E-state index is 0.0655. The van der Waals surface area contributed by atoms with Crippen molar-refractivity contribution in [2.75, 3.05) is 19.5 Å². The van der Waals surface area contributed by atoms with E-state index in [1.807, 2.05) is 48.5 Å². The summed E-state index contributed by atoms with van der Waals surface area (Å²) in [6.07, 6.45) is 0.534. The summed E-state index contributed by atoms with van der Waals surface area (Å²) >= 11 is 1.22. The third-order valence-corrected chi connectivity index (χ3v) is 7.40. The van der Waals surface area contributed by atoms with Gasteiger partial charge in [-0.1, -0.05) is 23.9 Å². The Morgan fingerprint density at radius 1 is 1.00 bits per heavy atom. The maximum absolute atomic E-state index is 13.2. The van der Waals surface area contributed by atoms with Gasteiger partial charge in [0.05, 0.1) is 26.0 Å². The molecule has 0 saturated carbocycles. The van der Waals surface area contributed by atoms with Crippen molar-refractivity contribution in [3.63, 3.8) is 0 Å². The van der Waals surface area contributed by atoms with Gasteiger partial charge in [0.2, 0.25) is 5.91 Å². The molecular weight excluding hydrogens is 507 g/mol. The van der Waals surface area contributed by atoms with Gasteiger partial charge in [-0.2, -0.15) is 10.1 Å². The van der Waals surface area contributed by atoms with Crippen LogP contribution in [0.1, 0.15) is 30.0 Å². The fourth-order valence-corrected chi connectivity index (χ4v) is 5.31. The van der Waals surface area contributed by atoms with Gasteiger partial charge in [-0.05, 0) is 71.8 Å². The molecular formula is C28H25FN4O4S. The van der Waals surface area contributed by atoms with Crippen LogP contribution in [0.5, 0.6) is 11.5 Å². The SMILES string of the molecule is COc1ccc(C2=NN(C3=NC(=O)[C@H](CC(=O)Nc4ccc(F)cc4)S3)[C@H](c3ccc(OC)cc3)C2)cc1. The summed E-state index contributed by atoms with van der Waals surface area (Å²) in [4.78, 5) is 29.6. The lowest BCUT2D eigenvalue weighted by molar-refractivity contribution is -0.121. The zero-order valence-corrected chi connectivity index (χ0v) is 21.6. The van der Waals surface area contributed by atoms with Crippen molar-refractivity contribution >= 4 is 40.1 Å². The van der Waals surface area contributed by atoms with Gasteiger partial charge in [-0.3, -0.25) is 9.59 Å². The first-order valence-corrected chi connectivity index (χ1v) is 12.8. The van der Waals surface area contributed by atoms with Crippen molar-refractivity contribution in [1.29, 1.82) is 0 Å². The van der Waals surface area contributed by atoms with Gasteiger partial charge in [-0.15, -0.1) is 0 Å². The third kappa shape index (κ3) is 5.55. The van der Waals surface area contributed by atoms with Crippen molar-refractivity contribution in [3.05, 3.63) is 89.7 Å². The molecule has 0 fully saturated rings. The van der Waals surface area contributed by atoms with Crippen molar-refractivity contribution in [2.45, 2.75) is 24.1 Å². The average molecular weight is 533 g/mol. The highest BCUT2D eigenvalue weighted by Crippen LogP contribution is 2.39. The first-order valence-electron chi connectivity index (χ1n) is 11.9. The van der Waals surface area contributed by atoms with Crippen molar-refractivity contribution in [1.82, 2.24) is 5.01 Å². The van der Waals surface area contributed by atoms with E-state index >= 15 is 0 Å². The topological polar surface area (TPSA) is 92.6 Å². The average Bonchev–Trinajstić information content (AvgIpc) is 3.54. The van der Waals surface area contributed by atoms with E-state index in [2.05, 4.69) is 10.3 Å². The molecule has 38 heavy (non-hydrogen) atoms. The number of hydrogen-bond acceptors (Lipinski definition) is 7. The lowest BCUT2D eigenvalue weighted by Gasteiger charge is -2.23. The van der Waals surface area contributed by atoms with Crippen molar-refractivity contribution in [2.24, 2.45) is 10.1 Å². The van der Waals surface area contributed by atoms with Crippen LogP contribution in [0.15, 0.2) is 82.9 Å². The van der Waals surface area contributed by atoms with Gasteiger partial charge >= 0.3 is 0 Å². The molecule has 2 aliphatic rings. The molecule has 0 radical (unpaired) electrons. The number of anilines is 1. The molecule has 2 heterocycles. The van der Waals surface area contributed by atoms with Crippen LogP contribution in [0.3, 0.4) is 0 Å². The normalized spacial score (nSPS) is 18.7. The molecule has 1 N–H and O–H groups in total. The maximum Gasteiger partial charge on any atom is 0.262 e. The number of aliphatic imine (C=N–C) groups is 1. The second-order valence-electron chi connectivity index (χ2n) is 8.71. The Morgan fingerprint density at radius 2 is 1.63 bits per heavy atom. The molecule has 10 heteroatoms. The number of carbonyl (C=O) groups excluding carboxylic acids is 2. The van der Waals surface area contributed by atoms with Gasteiger partial charge in [0.15, 0.2) is 5.17 Å². The Hall–Kier alpha value is -4.18. The molecule has 0 unspecified atom stereocenters. The zero-order valence-electron chi connectivity index (χ0n) is 20.8. The molecule has 0 aromatic heterocycles. The Balaban J connectivity index is 1.35. The predicted octanol–water partition coefficient (Wildman–Crippen LogP) is 5.02. The quantitative estimate of drug-likeness (QED) is 0.459. The minimum Gasteiger partial charge on any atom is -0.497 e. The summed E-state index contributed by atoms with van der Waals surface area (Å²) < 4.78 is 23.7. The number of amides is 2. The van der Waals surface area contributed by atoms with Crippen LogP contribution in [0, 0.1) is 5.82 Å². The number of nitrogens with one attached hydrogen (secondary N) is 1. The number of amidine groups is 1. The fraction of sp³-hybridized carbons (Fsp3) is 0.214. The third-order valence-electron chi connectivity index (χ3n) is 6.26. The van der Waals surface area contributed by atoms with Gasteiger partial charge < -0.3 is 14.8 Å². The van der Waals surface area contributed by atoms with E-state index in [0.29, 0.717) is 17.3 Å². The van der Waals surface area contributed by atoms with Crippen LogP contribution >= 0.6 is 11.8 Å². The fourth-order valence-electron chi connectivity index (χ4n) is 4.25. The van der Waals surface area contributed by atoms with E-state index in [-0.39, 0.29) is 24.3 Å². The van der Waals surface area contributed by atoms with Crippen LogP contribution in [-0.2, 0) is 9.59 Å². The van der Waals surface area contributed by atoms with E-state index in [1.165, 1.54) is 36.0 Å². The summed E-state index contributed by atoms with van der Waals surface area (Å²) in [5.74, 6) is 0.355. The number of hydrogen-bond donors (Lipinski definition) is 1. The molecule has 2 atom stereocenters. The van der Waals surface area contributed by atoms with Crippen molar-refractivity contribution < 1.29 is 23.5 Å². The summed E-state index contributed by atoms with van der Waals surface area (Å²) in [6, 6.07) is 20.6. The first-order chi connectivity index (χ1) is 18.4. The van der Waals surface area contributed by atoms with E-state index in [1.54, 1.807) is 19.2 Å². The van der Waals surface area contributed by atoms with Crippen LogP contribution in [0.4, 0.5) is 10.1 Å². The molecule has 2 aliphatic heterocycles. The Kier molecular flexibility index (Phi) is 7.41. The van der Waals surface area contributed by atoms with Gasteiger partial charge in [-0.25, -0.2) is 9.40 Å². The summed E-state index contributed by atoms with van der Waals surface area (Å²) in [6.45, 7) is 0. The maximum atomic E-state index is 13.2. The van der Waals surface area contributed by atoms with Gasteiger partial charge in [0, 0.05) is 18.5 Å². The zero-order chi connectivity index (χ0) is 26.6. The molecule has 194 valence electrons. The predicted molar refractivity (Wildman–Crippen MR) is 145 cm³/mol. The summed E-state index contributed by atoms with van der Waals surface area (Å²) in [5.41, 5.74) is 3.24. The van der Waals surface area contributed by atoms with Crippen LogP contribution in [0.2, 0.25) is 0 Å². The second kappa shape index (κ2) is 11.1. The number of thioether (sulfide) groups is 1. The summed E-state index contributed by atoms with van der Waals surface area (Å²) in [5, 5.41) is 9.09. The molecule has 0 bridgehead atoms. The van der Waals surface area contributed by atoms with E-state index in [0.717, 1.165) is 28.3 Å². The Bertz CT molecular complexity index is 1390. The molecule has 0 aliphatic carbocycles. The molecule has 5 rings (SSSR count). The number of hydrazone groups is 1. The molecule has 3 aromatic rings. The molecule has 0 spiro atoms. The molecule has 0 saturated heterocycles. The number of rotatable bonds is 7. The van der Waals surface area contributed by atoms with Gasteiger partial charge in [0.1, 0.15) is 22.6 Å². The standard InChI is InChI=1S/C28H25FN4O4S/c1-36-21-11-3-17(4-12-21)23-15-24(18-5-13-22(37-2)14-6-18)33(32-23)28-31-27(35)25(38-28)16-26(34)30-20-9-7-19(29)8-10-20/h3-14,24-25H,15-16H2,1-2H3,(H,30,34)/t24-,25-/m0/s1. The largest absolute Gasteiger partial charge is 0.497 e. The van der Waals surface area contributed by atoms with E-state index < -0.39 is 11.1 Å². The highest BCUT2D eigenvalue weighted by molar-refractivity contribution is 8.15. The minimum atomic E-state index is -0.679. The number of carbonyl (C=O) groups is 2. The van der Waals surface area contributed by atoms with Crippen LogP contribution < -0.4 is 14.8 Å². The Labute approximate surface area is 223 Å². The highest BCUT2D eigenvalue weighted by Gasteiger charge is 2.39. The second-order valence-corrected chi connectivity index (χ2v) is 9.88. The molecule has 3 aromatic carbocycles. The number of ether oxygens (including phenoxy) is 2. The number of halogens is 1. The van der Waals surface area contributed by atoms with E-state index in [9.17, 15) is 14.0 Å².